The largest absolute Gasteiger partial charge is 0.369 e. The van der Waals surface area contributed by atoms with Crippen LogP contribution in [0.15, 0.2) is 60.0 Å². The van der Waals surface area contributed by atoms with Gasteiger partial charge in [0.25, 0.3) is 0 Å². The van der Waals surface area contributed by atoms with Crippen molar-refractivity contribution in [2.75, 3.05) is 32.7 Å². The molecule has 0 amide bonds. The topological polar surface area (TPSA) is 48.1 Å². The van der Waals surface area contributed by atoms with Crippen LogP contribution in [0.2, 0.25) is 0 Å². The zero-order chi connectivity index (χ0) is 22.6. The number of hydrogen-bond acceptors (Lipinski definition) is 4. The lowest BCUT2D eigenvalue weighted by Gasteiger charge is -2.38. The monoisotopic (exact) mass is 421 g/mol. The van der Waals surface area contributed by atoms with Crippen LogP contribution in [-0.4, -0.2) is 58.0 Å². The number of piperazine rings is 1. The number of aryl methyl sites for hydroxylation is 2. The number of nitriles is 1. The second-order valence-electron chi connectivity index (χ2n) is 8.52. The Labute approximate surface area is 185 Å². The Kier molecular flexibility index (Phi) is 6.97. The van der Waals surface area contributed by atoms with E-state index in [2.05, 4.69) is 27.5 Å². The fraction of sp³-hybridized carbons (Fsp3) is 0.440. The highest BCUT2D eigenvalue weighted by Crippen LogP contribution is 2.29. The standard InChI is InChI=1S/C25H32FN5/c1-6-21(16-27)15-23(24-18-29(5)28-19(24)2)20(3)31-13-11-30(12-14-31)17-22-7-9-25(4,26)10-8-22/h6-9,15,18H,3,10-14,17H2,1-2,4-5H3/b21-6+,23-15+. The average Bonchev–Trinajstić information content (AvgIpc) is 3.08. The third-order valence-electron chi connectivity index (χ3n) is 5.92. The zero-order valence-corrected chi connectivity index (χ0v) is 19.0. The molecule has 1 aliphatic carbocycles. The molecule has 1 aromatic rings. The van der Waals surface area contributed by atoms with Crippen LogP contribution in [0.25, 0.3) is 5.57 Å². The molecule has 1 fully saturated rings. The van der Waals surface area contributed by atoms with Crippen LogP contribution in [-0.2, 0) is 7.05 Å². The average molecular weight is 422 g/mol. The van der Waals surface area contributed by atoms with Crippen LogP contribution < -0.4 is 0 Å². The molecule has 2 aliphatic rings. The van der Waals surface area contributed by atoms with Gasteiger partial charge in [-0.05, 0) is 38.5 Å². The molecule has 1 aliphatic heterocycles. The maximum absolute atomic E-state index is 14.0. The van der Waals surface area contributed by atoms with Crippen molar-refractivity contribution in [2.24, 2.45) is 7.05 Å². The normalized spacial score (nSPS) is 23.0. The van der Waals surface area contributed by atoms with Gasteiger partial charge in [-0.1, -0.05) is 24.8 Å². The molecule has 3 rings (SSSR count). The van der Waals surface area contributed by atoms with Crippen LogP contribution in [0.4, 0.5) is 4.39 Å². The van der Waals surface area contributed by atoms with Crippen LogP contribution in [0.3, 0.4) is 0 Å². The molecule has 0 N–H and O–H groups in total. The number of aromatic nitrogens is 2. The summed E-state index contributed by atoms with van der Waals surface area (Å²) in [5.41, 5.74) is 4.33. The van der Waals surface area contributed by atoms with E-state index in [9.17, 15) is 9.65 Å². The lowest BCUT2D eigenvalue weighted by Crippen LogP contribution is -2.46. The summed E-state index contributed by atoms with van der Waals surface area (Å²) in [6, 6.07) is 2.24. The first-order valence-electron chi connectivity index (χ1n) is 10.7. The molecular formula is C25H32FN5. The number of rotatable bonds is 6. The summed E-state index contributed by atoms with van der Waals surface area (Å²) in [5, 5.41) is 13.9. The van der Waals surface area contributed by atoms with Gasteiger partial charge in [0.1, 0.15) is 5.67 Å². The molecular weight excluding hydrogens is 389 g/mol. The number of hydrogen-bond donors (Lipinski definition) is 0. The first kappa shape index (κ1) is 22.8. The Bertz CT molecular complexity index is 992. The molecule has 2 heterocycles. The maximum Gasteiger partial charge on any atom is 0.130 e. The molecule has 0 saturated carbocycles. The van der Waals surface area contributed by atoms with Gasteiger partial charge in [-0.15, -0.1) is 0 Å². The fourth-order valence-corrected chi connectivity index (χ4v) is 3.99. The lowest BCUT2D eigenvalue weighted by atomic mass is 9.95. The van der Waals surface area contributed by atoms with Crippen molar-refractivity contribution < 1.29 is 4.39 Å². The molecule has 0 aromatic carbocycles. The molecule has 0 radical (unpaired) electrons. The van der Waals surface area contributed by atoms with Crippen molar-refractivity contribution in [3.8, 4) is 6.07 Å². The van der Waals surface area contributed by atoms with Gasteiger partial charge in [-0.3, -0.25) is 9.58 Å². The first-order chi connectivity index (χ1) is 14.7. The van der Waals surface area contributed by atoms with Crippen molar-refractivity contribution in [2.45, 2.75) is 32.9 Å². The number of allylic oxidation sites excluding steroid dienone is 6. The molecule has 31 heavy (non-hydrogen) atoms. The molecule has 164 valence electrons. The predicted octanol–water partition coefficient (Wildman–Crippen LogP) is 4.33. The van der Waals surface area contributed by atoms with E-state index >= 15 is 0 Å². The van der Waals surface area contributed by atoms with E-state index in [1.165, 1.54) is 5.57 Å². The van der Waals surface area contributed by atoms with Gasteiger partial charge in [0.05, 0.1) is 11.8 Å². The summed E-state index contributed by atoms with van der Waals surface area (Å²) in [7, 11) is 1.90. The number of halogens is 1. The minimum atomic E-state index is -1.22. The highest BCUT2D eigenvalue weighted by molar-refractivity contribution is 5.81. The highest BCUT2D eigenvalue weighted by atomic mass is 19.1. The molecule has 6 heteroatoms. The van der Waals surface area contributed by atoms with Crippen molar-refractivity contribution in [3.05, 3.63) is 71.3 Å². The fourth-order valence-electron chi connectivity index (χ4n) is 3.99. The van der Waals surface area contributed by atoms with Gasteiger partial charge in [0.15, 0.2) is 0 Å². The smallest absolute Gasteiger partial charge is 0.130 e. The molecule has 0 bridgehead atoms. The Morgan fingerprint density at radius 1 is 1.35 bits per heavy atom. The minimum Gasteiger partial charge on any atom is -0.369 e. The molecule has 5 nitrogen and oxygen atoms in total. The van der Waals surface area contributed by atoms with Crippen molar-refractivity contribution >= 4 is 5.57 Å². The summed E-state index contributed by atoms with van der Waals surface area (Å²) < 4.78 is 15.7. The Balaban J connectivity index is 1.70. The predicted molar refractivity (Wildman–Crippen MR) is 124 cm³/mol. The Morgan fingerprint density at radius 2 is 2.06 bits per heavy atom. The first-order valence-corrected chi connectivity index (χ1v) is 10.7. The van der Waals surface area contributed by atoms with Gasteiger partial charge in [-0.2, -0.15) is 10.4 Å². The SMILES string of the molecule is C=C(/C(=C\C(C#N)=C/C)c1cn(C)nc1C)N1CCN(CC2=CCC(C)(F)C=C2)CC1. The van der Waals surface area contributed by atoms with Gasteiger partial charge in [-0.25, -0.2) is 4.39 Å². The van der Waals surface area contributed by atoms with E-state index < -0.39 is 5.67 Å². The third-order valence-corrected chi connectivity index (χ3v) is 5.92. The molecule has 1 atom stereocenters. The molecule has 1 saturated heterocycles. The quantitative estimate of drug-likeness (QED) is 0.507. The summed E-state index contributed by atoms with van der Waals surface area (Å²) in [4.78, 5) is 4.68. The van der Waals surface area contributed by atoms with E-state index in [-0.39, 0.29) is 0 Å². The van der Waals surface area contributed by atoms with E-state index in [4.69, 9.17) is 0 Å². The summed E-state index contributed by atoms with van der Waals surface area (Å²) >= 11 is 0. The highest BCUT2D eigenvalue weighted by Gasteiger charge is 2.24. The maximum atomic E-state index is 14.0. The van der Waals surface area contributed by atoms with Crippen LogP contribution in [0.5, 0.6) is 0 Å². The Hall–Kier alpha value is -2.91. The van der Waals surface area contributed by atoms with Gasteiger partial charge in [0.2, 0.25) is 0 Å². The van der Waals surface area contributed by atoms with Crippen molar-refractivity contribution in [1.29, 1.82) is 5.26 Å². The molecule has 0 spiro atoms. The van der Waals surface area contributed by atoms with E-state index in [1.54, 1.807) is 17.7 Å². The van der Waals surface area contributed by atoms with Gasteiger partial charge in [0, 0.05) is 74.8 Å². The van der Waals surface area contributed by atoms with E-state index in [1.807, 2.05) is 51.4 Å². The van der Waals surface area contributed by atoms with Crippen molar-refractivity contribution in [1.82, 2.24) is 19.6 Å². The number of nitrogens with zero attached hydrogens (tertiary/aromatic N) is 5. The van der Waals surface area contributed by atoms with Gasteiger partial charge < -0.3 is 4.90 Å². The second kappa shape index (κ2) is 9.49. The van der Waals surface area contributed by atoms with Crippen LogP contribution in [0.1, 0.15) is 31.5 Å². The van der Waals surface area contributed by atoms with Crippen molar-refractivity contribution in [3.63, 3.8) is 0 Å². The summed E-state index contributed by atoms with van der Waals surface area (Å²) in [6.45, 7) is 14.2. The minimum absolute atomic E-state index is 0.445. The van der Waals surface area contributed by atoms with E-state index in [0.717, 1.165) is 55.3 Å². The van der Waals surface area contributed by atoms with Gasteiger partial charge >= 0.3 is 0 Å². The summed E-state index contributed by atoms with van der Waals surface area (Å²) in [6.07, 6.45) is 11.7. The van der Waals surface area contributed by atoms with E-state index in [0.29, 0.717) is 12.0 Å². The molecule has 1 aromatic heterocycles. The third kappa shape index (κ3) is 5.62. The molecule has 1 unspecified atom stereocenters. The summed E-state index contributed by atoms with van der Waals surface area (Å²) in [5.74, 6) is 0. The van der Waals surface area contributed by atoms with Crippen LogP contribution >= 0.6 is 0 Å². The van der Waals surface area contributed by atoms with Crippen LogP contribution in [0, 0.1) is 18.3 Å². The zero-order valence-electron chi connectivity index (χ0n) is 19.0. The Morgan fingerprint density at radius 3 is 2.58 bits per heavy atom. The second-order valence-corrected chi connectivity index (χ2v) is 8.52. The number of alkyl halides is 1. The lowest BCUT2D eigenvalue weighted by molar-refractivity contribution is 0.174.